The van der Waals surface area contributed by atoms with Gasteiger partial charge in [-0.05, 0) is 68.5 Å². The maximum Gasteiger partial charge on any atom is 0.277 e. The van der Waals surface area contributed by atoms with Gasteiger partial charge in [0.25, 0.3) is 5.22 Å². The molecule has 0 bridgehead atoms. The van der Waals surface area contributed by atoms with Crippen LogP contribution in [0.2, 0.25) is 0 Å². The van der Waals surface area contributed by atoms with Gasteiger partial charge in [0, 0.05) is 30.9 Å². The van der Waals surface area contributed by atoms with E-state index < -0.39 is 10.0 Å². The van der Waals surface area contributed by atoms with E-state index in [1.54, 1.807) is 27.4 Å². The molecule has 0 spiro atoms. The Balaban J connectivity index is 1.28. The number of anilines is 1. The van der Waals surface area contributed by atoms with Crippen molar-refractivity contribution < 1.29 is 17.6 Å². The average molecular weight is 499 g/mol. The van der Waals surface area contributed by atoms with E-state index in [2.05, 4.69) is 10.2 Å². The van der Waals surface area contributed by atoms with Crippen LogP contribution in [-0.4, -0.2) is 54.2 Å². The molecule has 0 aliphatic carbocycles. The molecule has 8 nitrogen and oxygen atoms in total. The normalized spacial score (nSPS) is 16.6. The second kappa shape index (κ2) is 9.52. The number of hydrogen-bond acceptors (Lipinski definition) is 7. The van der Waals surface area contributed by atoms with Crippen molar-refractivity contribution >= 4 is 33.4 Å². The molecule has 10 heteroatoms. The summed E-state index contributed by atoms with van der Waals surface area (Å²) in [5.41, 5.74) is 3.61. The summed E-state index contributed by atoms with van der Waals surface area (Å²) in [4.78, 5) is 15.1. The Hall–Kier alpha value is -2.69. The van der Waals surface area contributed by atoms with E-state index in [-0.39, 0.29) is 11.7 Å². The van der Waals surface area contributed by atoms with E-state index in [4.69, 9.17) is 4.42 Å². The monoisotopic (exact) mass is 498 g/mol. The van der Waals surface area contributed by atoms with E-state index >= 15 is 0 Å². The Morgan fingerprint density at radius 2 is 1.88 bits per heavy atom. The van der Waals surface area contributed by atoms with Crippen LogP contribution in [0.3, 0.4) is 0 Å². The fourth-order valence-corrected chi connectivity index (χ4v) is 6.64. The van der Waals surface area contributed by atoms with Crippen molar-refractivity contribution in [1.29, 1.82) is 0 Å². The van der Waals surface area contributed by atoms with Crippen LogP contribution in [0.5, 0.6) is 0 Å². The van der Waals surface area contributed by atoms with E-state index in [0.29, 0.717) is 35.6 Å². The minimum absolute atomic E-state index is 0.0728. The molecule has 2 aliphatic rings. The summed E-state index contributed by atoms with van der Waals surface area (Å²) in [6.07, 6.45) is 3.33. The maximum absolute atomic E-state index is 13.0. The van der Waals surface area contributed by atoms with E-state index in [1.165, 1.54) is 11.8 Å². The summed E-state index contributed by atoms with van der Waals surface area (Å²) in [7, 11) is -3.48. The molecule has 1 amide bonds. The van der Waals surface area contributed by atoms with Crippen molar-refractivity contribution in [2.45, 2.75) is 42.7 Å². The molecule has 5 rings (SSSR count). The number of sulfonamides is 1. The van der Waals surface area contributed by atoms with Gasteiger partial charge in [-0.3, -0.25) is 4.79 Å². The Morgan fingerprint density at radius 3 is 2.68 bits per heavy atom. The highest BCUT2D eigenvalue weighted by Gasteiger charge is 2.30. The number of fused-ring (bicyclic) bond motifs is 1. The molecule has 0 atom stereocenters. The zero-order chi connectivity index (χ0) is 23.7. The number of carbonyl (C=O) groups excluding carboxylic acids is 1. The fraction of sp³-hybridized carbons (Fsp3) is 0.375. The van der Waals surface area contributed by atoms with Gasteiger partial charge in [0.1, 0.15) is 0 Å². The molecule has 2 aliphatic heterocycles. The van der Waals surface area contributed by atoms with Crippen LogP contribution >= 0.6 is 11.8 Å². The molecule has 0 saturated carbocycles. The minimum atomic E-state index is -3.48. The molecule has 178 valence electrons. The Morgan fingerprint density at radius 1 is 1.06 bits per heavy atom. The number of rotatable bonds is 6. The smallest absolute Gasteiger partial charge is 0.277 e. The summed E-state index contributed by atoms with van der Waals surface area (Å²) in [5, 5.41) is 8.50. The zero-order valence-corrected chi connectivity index (χ0v) is 20.6. The lowest BCUT2D eigenvalue weighted by atomic mass is 10.0. The summed E-state index contributed by atoms with van der Waals surface area (Å²) in [5.74, 6) is 0.507. The van der Waals surface area contributed by atoms with E-state index in [0.717, 1.165) is 48.1 Å². The lowest BCUT2D eigenvalue weighted by Crippen LogP contribution is -2.37. The third-order valence-corrected chi connectivity index (χ3v) is 8.86. The Bertz CT molecular complexity index is 1320. The molecule has 3 heterocycles. The molecule has 3 aromatic rings. The highest BCUT2D eigenvalue weighted by molar-refractivity contribution is 7.99. The van der Waals surface area contributed by atoms with Gasteiger partial charge < -0.3 is 9.32 Å². The molecule has 1 aromatic heterocycles. The number of nitrogens with zero attached hydrogens (tertiary/aromatic N) is 4. The molecule has 0 unspecified atom stereocenters. The summed E-state index contributed by atoms with van der Waals surface area (Å²) >= 11 is 1.21. The standard InChI is InChI=1S/C24H26N4O4S2/c1-17-6-4-7-19(14-17)23-25-26-24(32-23)33-16-22(29)28-13-5-8-18-15-20(9-10-21(18)28)34(30,31)27-11-2-3-12-27/h4,6-7,9-10,14-15H,2-3,5,8,11-13,16H2,1H3. The first-order valence-electron chi connectivity index (χ1n) is 11.4. The molecule has 2 aromatic carbocycles. The Labute approximate surface area is 203 Å². The van der Waals surface area contributed by atoms with Crippen LogP contribution in [-0.2, 0) is 21.2 Å². The van der Waals surface area contributed by atoms with Gasteiger partial charge in [-0.15, -0.1) is 10.2 Å². The van der Waals surface area contributed by atoms with Crippen LogP contribution in [0.4, 0.5) is 5.69 Å². The second-order valence-electron chi connectivity index (χ2n) is 8.58. The number of aryl methyl sites for hydroxylation is 2. The third-order valence-electron chi connectivity index (χ3n) is 6.16. The minimum Gasteiger partial charge on any atom is -0.411 e. The highest BCUT2D eigenvalue weighted by Crippen LogP contribution is 2.32. The van der Waals surface area contributed by atoms with Gasteiger partial charge in [-0.1, -0.05) is 29.5 Å². The number of amides is 1. The first kappa shape index (κ1) is 23.1. The van der Waals surface area contributed by atoms with Crippen molar-refractivity contribution in [2.75, 3.05) is 30.3 Å². The van der Waals surface area contributed by atoms with Crippen LogP contribution in [0.15, 0.2) is 57.0 Å². The number of benzene rings is 2. The lowest BCUT2D eigenvalue weighted by Gasteiger charge is -2.30. The van der Waals surface area contributed by atoms with Crippen LogP contribution in [0.1, 0.15) is 30.4 Å². The molecular formula is C24H26N4O4S2. The first-order chi connectivity index (χ1) is 16.4. The Kier molecular flexibility index (Phi) is 6.46. The molecule has 1 fully saturated rings. The predicted molar refractivity (Wildman–Crippen MR) is 130 cm³/mol. The number of hydrogen-bond donors (Lipinski definition) is 0. The van der Waals surface area contributed by atoms with Crippen molar-refractivity contribution in [3.05, 3.63) is 53.6 Å². The first-order valence-corrected chi connectivity index (χ1v) is 13.8. The molecule has 1 saturated heterocycles. The van der Waals surface area contributed by atoms with Gasteiger partial charge in [0.15, 0.2) is 0 Å². The van der Waals surface area contributed by atoms with Crippen molar-refractivity contribution in [3.63, 3.8) is 0 Å². The molecule has 0 radical (unpaired) electrons. The number of carbonyl (C=O) groups is 1. The topological polar surface area (TPSA) is 96.6 Å². The summed E-state index contributed by atoms with van der Waals surface area (Å²) < 4.78 is 33.2. The van der Waals surface area contributed by atoms with Gasteiger partial charge in [0.05, 0.1) is 10.6 Å². The van der Waals surface area contributed by atoms with Crippen LogP contribution in [0, 0.1) is 6.92 Å². The third kappa shape index (κ3) is 4.62. The quantitative estimate of drug-likeness (QED) is 0.476. The molecule has 0 N–H and O–H groups in total. The van der Waals surface area contributed by atoms with Crippen molar-refractivity contribution in [3.8, 4) is 11.5 Å². The number of aromatic nitrogens is 2. The lowest BCUT2D eigenvalue weighted by molar-refractivity contribution is -0.116. The van der Waals surface area contributed by atoms with Crippen LogP contribution < -0.4 is 4.90 Å². The maximum atomic E-state index is 13.0. The van der Waals surface area contributed by atoms with Crippen LogP contribution in [0.25, 0.3) is 11.5 Å². The summed E-state index contributed by atoms with van der Waals surface area (Å²) in [6, 6.07) is 12.9. The average Bonchev–Trinajstić information content (AvgIpc) is 3.55. The molecular weight excluding hydrogens is 472 g/mol. The van der Waals surface area contributed by atoms with Gasteiger partial charge >= 0.3 is 0 Å². The van der Waals surface area contributed by atoms with Crippen molar-refractivity contribution in [2.24, 2.45) is 0 Å². The second-order valence-corrected chi connectivity index (χ2v) is 11.4. The largest absolute Gasteiger partial charge is 0.411 e. The zero-order valence-electron chi connectivity index (χ0n) is 18.9. The molecule has 34 heavy (non-hydrogen) atoms. The van der Waals surface area contributed by atoms with Gasteiger partial charge in [-0.2, -0.15) is 4.31 Å². The van der Waals surface area contributed by atoms with E-state index in [9.17, 15) is 13.2 Å². The summed E-state index contributed by atoms with van der Waals surface area (Å²) in [6.45, 7) is 3.74. The van der Waals surface area contributed by atoms with Gasteiger partial charge in [0.2, 0.25) is 21.8 Å². The highest BCUT2D eigenvalue weighted by atomic mass is 32.2. The fourth-order valence-electron chi connectivity index (χ4n) is 4.43. The SMILES string of the molecule is Cc1cccc(-c2nnc(SCC(=O)N3CCCc4cc(S(=O)(=O)N5CCCC5)ccc43)o2)c1. The van der Waals surface area contributed by atoms with Gasteiger partial charge in [-0.25, -0.2) is 8.42 Å². The van der Waals surface area contributed by atoms with Crippen molar-refractivity contribution in [1.82, 2.24) is 14.5 Å². The number of thioether (sulfide) groups is 1. The predicted octanol–water partition coefficient (Wildman–Crippen LogP) is 3.90. The van der Waals surface area contributed by atoms with E-state index in [1.807, 2.05) is 31.2 Å².